The lowest BCUT2D eigenvalue weighted by Gasteiger charge is -2.35. The highest BCUT2D eigenvalue weighted by atomic mass is 19.4. The molecule has 1 heterocycles. The van der Waals surface area contributed by atoms with Gasteiger partial charge in [0.15, 0.2) is 11.8 Å². The average molecular weight is 409 g/mol. The molecule has 1 saturated heterocycles. The number of likely N-dealkylation sites (tertiary alicyclic amines) is 1. The van der Waals surface area contributed by atoms with Crippen LogP contribution in [0.4, 0.5) is 17.6 Å². The molecule has 1 aromatic rings. The largest absolute Gasteiger partial charge is 0.420 e. The molecule has 0 bridgehead atoms. The van der Waals surface area contributed by atoms with Gasteiger partial charge in [0.1, 0.15) is 0 Å². The van der Waals surface area contributed by atoms with Crippen molar-refractivity contribution in [2.75, 3.05) is 6.54 Å². The standard InChI is InChI=1S/C22H23F4NO2/c1-15-13-18-17(10-11-21(29,20(15)23)22(24,25)26)9-5-6-12-27(18)19(28)14-16-7-3-2-4-8-16/h2-4,7-8,10,13,20,29H,1,5-6,9,11-12,14H2/b17-10-,18-13?/t20-,21?/m1/s1. The van der Waals surface area contributed by atoms with Gasteiger partial charge in [-0.2, -0.15) is 13.2 Å². The molecule has 1 N–H and O–H groups in total. The summed E-state index contributed by atoms with van der Waals surface area (Å²) < 4.78 is 54.8. The Hall–Kier alpha value is -2.41. The Labute approximate surface area is 167 Å². The van der Waals surface area contributed by atoms with E-state index < -0.39 is 29.9 Å². The molecule has 1 unspecified atom stereocenters. The van der Waals surface area contributed by atoms with Crippen molar-refractivity contribution in [1.29, 1.82) is 0 Å². The number of amides is 1. The minimum atomic E-state index is -5.15. The van der Waals surface area contributed by atoms with Crippen LogP contribution in [0.2, 0.25) is 0 Å². The van der Waals surface area contributed by atoms with E-state index in [0.717, 1.165) is 5.56 Å². The molecule has 3 nitrogen and oxygen atoms in total. The van der Waals surface area contributed by atoms with E-state index in [4.69, 9.17) is 0 Å². The summed E-state index contributed by atoms with van der Waals surface area (Å²) in [6.45, 7) is 3.82. The lowest BCUT2D eigenvalue weighted by molar-refractivity contribution is -0.274. The number of halogens is 4. The van der Waals surface area contributed by atoms with Crippen LogP contribution in [0, 0.1) is 0 Å². The van der Waals surface area contributed by atoms with Crippen LogP contribution >= 0.6 is 0 Å². The third-order valence-corrected chi connectivity index (χ3v) is 5.41. The molecule has 1 aromatic carbocycles. The van der Waals surface area contributed by atoms with Crippen LogP contribution in [0.1, 0.15) is 31.2 Å². The number of hydrogen-bond acceptors (Lipinski definition) is 2. The van der Waals surface area contributed by atoms with Gasteiger partial charge in [-0.1, -0.05) is 43.0 Å². The second-order valence-electron chi connectivity index (χ2n) is 7.49. The fraction of sp³-hybridized carbons (Fsp3) is 0.409. The number of allylic oxidation sites excluding steroid dienone is 2. The second kappa shape index (κ2) is 8.14. The smallest absolute Gasteiger partial charge is 0.378 e. The van der Waals surface area contributed by atoms with Crippen molar-refractivity contribution in [1.82, 2.24) is 4.90 Å². The Morgan fingerprint density at radius 2 is 1.93 bits per heavy atom. The summed E-state index contributed by atoms with van der Waals surface area (Å²) in [6.07, 6.45) is -4.48. The van der Waals surface area contributed by atoms with Crippen molar-refractivity contribution in [3.8, 4) is 0 Å². The summed E-state index contributed by atoms with van der Waals surface area (Å²) in [7, 11) is 0. The third kappa shape index (κ3) is 4.29. The zero-order valence-electron chi connectivity index (χ0n) is 15.9. The zero-order chi connectivity index (χ0) is 21.2. The number of carbonyl (C=O) groups is 1. The molecule has 3 rings (SSSR count). The normalized spacial score (nSPS) is 27.7. The van der Waals surface area contributed by atoms with Crippen LogP contribution < -0.4 is 0 Å². The van der Waals surface area contributed by atoms with Gasteiger partial charge in [-0.25, -0.2) is 4.39 Å². The maximum atomic E-state index is 14.7. The highest BCUT2D eigenvalue weighted by molar-refractivity contribution is 5.81. The minimum Gasteiger partial charge on any atom is -0.378 e. The van der Waals surface area contributed by atoms with Crippen molar-refractivity contribution in [2.24, 2.45) is 0 Å². The van der Waals surface area contributed by atoms with Crippen molar-refractivity contribution in [2.45, 2.75) is 50.1 Å². The molecule has 1 amide bonds. The van der Waals surface area contributed by atoms with Gasteiger partial charge in [0.2, 0.25) is 5.91 Å². The number of alkyl halides is 4. The van der Waals surface area contributed by atoms with Gasteiger partial charge in [-0.05, 0) is 42.0 Å². The predicted octanol–water partition coefficient (Wildman–Crippen LogP) is 4.64. The molecule has 1 aliphatic carbocycles. The van der Waals surface area contributed by atoms with Gasteiger partial charge in [-0.3, -0.25) is 4.79 Å². The predicted molar refractivity (Wildman–Crippen MR) is 102 cm³/mol. The van der Waals surface area contributed by atoms with E-state index in [1.54, 1.807) is 0 Å². The molecule has 29 heavy (non-hydrogen) atoms. The summed E-state index contributed by atoms with van der Waals surface area (Å²) in [4.78, 5) is 14.5. The molecular formula is C22H23F4NO2. The number of hydrogen-bond donors (Lipinski definition) is 1. The molecule has 0 spiro atoms. The number of fused-ring (bicyclic) bond motifs is 1. The molecule has 7 heteroatoms. The fourth-order valence-electron chi connectivity index (χ4n) is 3.71. The van der Waals surface area contributed by atoms with E-state index in [1.807, 2.05) is 30.3 Å². The van der Waals surface area contributed by atoms with Gasteiger partial charge in [0.25, 0.3) is 0 Å². The Morgan fingerprint density at radius 3 is 2.59 bits per heavy atom. The topological polar surface area (TPSA) is 40.5 Å². The fourth-order valence-corrected chi connectivity index (χ4v) is 3.71. The highest BCUT2D eigenvalue weighted by Gasteiger charge is 2.59. The van der Waals surface area contributed by atoms with Crippen LogP contribution in [-0.2, 0) is 11.2 Å². The first-order valence-electron chi connectivity index (χ1n) is 9.51. The van der Waals surface area contributed by atoms with Crippen molar-refractivity contribution in [3.63, 3.8) is 0 Å². The highest BCUT2D eigenvalue weighted by Crippen LogP contribution is 2.43. The minimum absolute atomic E-state index is 0.128. The van der Waals surface area contributed by atoms with Crippen molar-refractivity contribution >= 4 is 5.91 Å². The van der Waals surface area contributed by atoms with Crippen LogP contribution in [0.3, 0.4) is 0 Å². The van der Waals surface area contributed by atoms with E-state index in [1.165, 1.54) is 17.1 Å². The van der Waals surface area contributed by atoms with E-state index in [2.05, 4.69) is 6.58 Å². The average Bonchev–Trinajstić information content (AvgIpc) is 2.86. The Kier molecular flexibility index (Phi) is 5.98. The molecule has 0 radical (unpaired) electrons. The molecule has 2 atom stereocenters. The lowest BCUT2D eigenvalue weighted by atomic mass is 9.84. The Morgan fingerprint density at radius 1 is 1.24 bits per heavy atom. The molecule has 156 valence electrons. The maximum absolute atomic E-state index is 14.7. The van der Waals surface area contributed by atoms with Crippen molar-refractivity contribution in [3.05, 3.63) is 71.5 Å². The summed E-state index contributed by atoms with van der Waals surface area (Å²) >= 11 is 0. The van der Waals surface area contributed by atoms with E-state index >= 15 is 0 Å². The number of aliphatic hydroxyl groups is 1. The zero-order valence-corrected chi connectivity index (χ0v) is 15.9. The molecule has 0 aromatic heterocycles. The van der Waals surface area contributed by atoms with E-state index in [9.17, 15) is 27.5 Å². The summed E-state index contributed by atoms with van der Waals surface area (Å²) in [5.41, 5.74) is -2.35. The quantitative estimate of drug-likeness (QED) is 0.723. The third-order valence-electron chi connectivity index (χ3n) is 5.41. The van der Waals surface area contributed by atoms with Gasteiger partial charge in [-0.15, -0.1) is 0 Å². The number of benzene rings is 1. The maximum Gasteiger partial charge on any atom is 0.420 e. The first kappa shape index (κ1) is 21.3. The summed E-state index contributed by atoms with van der Waals surface area (Å²) in [5.74, 6) is -0.217. The Bertz CT molecular complexity index is 844. The van der Waals surface area contributed by atoms with Gasteiger partial charge < -0.3 is 10.0 Å². The number of rotatable bonds is 2. The molecule has 2 aliphatic rings. The first-order chi connectivity index (χ1) is 13.6. The van der Waals surface area contributed by atoms with Crippen LogP contribution in [0.5, 0.6) is 0 Å². The number of carbonyl (C=O) groups excluding carboxylic acids is 1. The van der Waals surface area contributed by atoms with Crippen molar-refractivity contribution < 1.29 is 27.5 Å². The summed E-state index contributed by atoms with van der Waals surface area (Å²) in [5, 5.41) is 10.1. The molecule has 1 fully saturated rings. The summed E-state index contributed by atoms with van der Waals surface area (Å²) in [6, 6.07) is 9.11. The van der Waals surface area contributed by atoms with Crippen LogP contribution in [-0.4, -0.2) is 40.4 Å². The molecule has 1 aliphatic heterocycles. The Balaban J connectivity index is 1.96. The second-order valence-corrected chi connectivity index (χ2v) is 7.49. The molecule has 0 saturated carbocycles. The van der Waals surface area contributed by atoms with Gasteiger partial charge in [0, 0.05) is 18.7 Å². The van der Waals surface area contributed by atoms with Crippen LogP contribution in [0.25, 0.3) is 0 Å². The SMILES string of the molecule is C=C1C=C2/C(=C\CC(O)(C(F)(F)F)[C@@H]1F)CCCCN2C(=O)Cc1ccccc1. The van der Waals surface area contributed by atoms with Crippen LogP contribution in [0.15, 0.2) is 65.9 Å². The van der Waals surface area contributed by atoms with Gasteiger partial charge in [0.05, 0.1) is 6.42 Å². The number of nitrogens with zero attached hydrogens (tertiary/aromatic N) is 1. The first-order valence-corrected chi connectivity index (χ1v) is 9.51. The van der Waals surface area contributed by atoms with E-state index in [0.29, 0.717) is 37.1 Å². The monoisotopic (exact) mass is 409 g/mol. The molecular weight excluding hydrogens is 386 g/mol. The lowest BCUT2D eigenvalue weighted by Crippen LogP contribution is -2.53. The van der Waals surface area contributed by atoms with E-state index in [-0.39, 0.29) is 12.3 Å². The van der Waals surface area contributed by atoms with Gasteiger partial charge >= 0.3 is 6.18 Å².